The third-order valence-electron chi connectivity index (χ3n) is 3.48. The normalized spacial score (nSPS) is 17.3. The van der Waals surface area contributed by atoms with Crippen molar-refractivity contribution in [2.24, 2.45) is 17.1 Å². The first kappa shape index (κ1) is 15.4. The number of nitrogens with one attached hydrogen (secondary N) is 1. The molecular weight excluding hydrogens is 248 g/mol. The fraction of sp³-hybridized carbons (Fsp3) is 0.846. The summed E-state index contributed by atoms with van der Waals surface area (Å²) in [6.07, 6.45) is 3.63. The molecule has 0 aromatic carbocycles. The minimum atomic E-state index is -0.576. The first-order chi connectivity index (χ1) is 8.49. The Morgan fingerprint density at radius 2 is 2.11 bits per heavy atom. The summed E-state index contributed by atoms with van der Waals surface area (Å²) >= 11 is 4.99. The molecule has 1 aliphatic carbocycles. The maximum Gasteiger partial charge on any atom is 0.233 e. The fourth-order valence-electron chi connectivity index (χ4n) is 1.94. The highest BCUT2D eigenvalue weighted by Crippen LogP contribution is 2.41. The molecule has 3 N–H and O–H groups in total. The largest absolute Gasteiger partial charge is 0.392 e. The molecule has 1 aliphatic rings. The first-order valence-electron chi connectivity index (χ1n) is 6.65. The molecular formula is C13H24N2O2S. The van der Waals surface area contributed by atoms with Crippen LogP contribution in [-0.4, -0.2) is 30.7 Å². The second-order valence-corrected chi connectivity index (χ2v) is 5.79. The predicted octanol–water partition coefficient (Wildman–Crippen LogP) is 1.62. The van der Waals surface area contributed by atoms with E-state index < -0.39 is 5.41 Å². The molecule has 1 saturated carbocycles. The molecule has 18 heavy (non-hydrogen) atoms. The van der Waals surface area contributed by atoms with Crippen molar-refractivity contribution in [3.05, 3.63) is 0 Å². The Balaban J connectivity index is 2.15. The Bertz CT molecular complexity index is 301. The number of ether oxygens (including phenoxy) is 1. The van der Waals surface area contributed by atoms with Gasteiger partial charge in [-0.3, -0.25) is 4.79 Å². The van der Waals surface area contributed by atoms with Crippen molar-refractivity contribution in [2.75, 3.05) is 19.8 Å². The van der Waals surface area contributed by atoms with Gasteiger partial charge in [0.1, 0.15) is 0 Å². The molecule has 104 valence electrons. The van der Waals surface area contributed by atoms with Gasteiger partial charge < -0.3 is 15.8 Å². The molecule has 0 aliphatic heterocycles. The second kappa shape index (κ2) is 7.04. The van der Waals surface area contributed by atoms with Crippen LogP contribution in [0, 0.1) is 11.3 Å². The van der Waals surface area contributed by atoms with E-state index in [0.29, 0.717) is 24.1 Å². The maximum atomic E-state index is 12.0. The third-order valence-corrected chi connectivity index (χ3v) is 3.88. The minimum Gasteiger partial charge on any atom is -0.392 e. The number of thiocarbonyl (C=S) groups is 1. The summed E-state index contributed by atoms with van der Waals surface area (Å²) in [7, 11) is 0. The van der Waals surface area contributed by atoms with Crippen molar-refractivity contribution in [3.63, 3.8) is 0 Å². The van der Waals surface area contributed by atoms with Crippen molar-refractivity contribution in [3.8, 4) is 0 Å². The highest BCUT2D eigenvalue weighted by Gasteiger charge is 2.46. The summed E-state index contributed by atoms with van der Waals surface area (Å²) in [5, 5.41) is 2.86. The van der Waals surface area contributed by atoms with Gasteiger partial charge in [-0.15, -0.1) is 0 Å². The Hall–Kier alpha value is -0.680. The van der Waals surface area contributed by atoms with Crippen LogP contribution in [0.25, 0.3) is 0 Å². The Morgan fingerprint density at radius 3 is 2.56 bits per heavy atom. The number of hydrogen-bond donors (Lipinski definition) is 2. The number of nitrogens with two attached hydrogens (primary N) is 1. The number of carbonyl (C=O) groups excluding carboxylic acids is 1. The molecule has 1 rings (SSSR count). The summed E-state index contributed by atoms with van der Waals surface area (Å²) in [4.78, 5) is 12.3. The molecule has 0 bridgehead atoms. The van der Waals surface area contributed by atoms with E-state index in [1.54, 1.807) is 0 Å². The molecule has 0 atom stereocenters. The molecule has 0 aromatic rings. The van der Waals surface area contributed by atoms with E-state index in [2.05, 4.69) is 19.2 Å². The maximum absolute atomic E-state index is 12.0. The van der Waals surface area contributed by atoms with Crippen LogP contribution in [0.5, 0.6) is 0 Å². The monoisotopic (exact) mass is 272 g/mol. The zero-order valence-electron chi connectivity index (χ0n) is 11.3. The topological polar surface area (TPSA) is 64.3 Å². The van der Waals surface area contributed by atoms with Crippen LogP contribution in [0.15, 0.2) is 0 Å². The molecule has 0 spiro atoms. The number of rotatable bonds is 8. The summed E-state index contributed by atoms with van der Waals surface area (Å²) in [6.45, 7) is 6.14. The minimum absolute atomic E-state index is 0.0336. The lowest BCUT2D eigenvalue weighted by Gasteiger charge is -2.39. The zero-order valence-corrected chi connectivity index (χ0v) is 12.1. The van der Waals surface area contributed by atoms with E-state index >= 15 is 0 Å². The summed E-state index contributed by atoms with van der Waals surface area (Å²) < 4.78 is 5.44. The van der Waals surface area contributed by atoms with E-state index in [1.165, 1.54) is 0 Å². The number of hydrogen-bond acceptors (Lipinski definition) is 3. The lowest BCUT2D eigenvalue weighted by molar-refractivity contribution is -0.131. The van der Waals surface area contributed by atoms with Crippen LogP contribution in [0.3, 0.4) is 0 Å². The van der Waals surface area contributed by atoms with Crippen molar-refractivity contribution in [2.45, 2.75) is 39.5 Å². The summed E-state index contributed by atoms with van der Waals surface area (Å²) in [6, 6.07) is 0. The van der Waals surface area contributed by atoms with Gasteiger partial charge in [-0.05, 0) is 25.2 Å². The molecule has 4 nitrogen and oxygen atoms in total. The van der Waals surface area contributed by atoms with Crippen LogP contribution in [0.4, 0.5) is 0 Å². The van der Waals surface area contributed by atoms with E-state index in [9.17, 15) is 4.79 Å². The van der Waals surface area contributed by atoms with E-state index in [0.717, 1.165) is 32.3 Å². The first-order valence-corrected chi connectivity index (χ1v) is 7.06. The SMILES string of the molecule is CC(C)CCOCCNC(=O)C1(C(N)=S)CCC1. The van der Waals surface area contributed by atoms with Crippen molar-refractivity contribution in [1.29, 1.82) is 0 Å². The van der Waals surface area contributed by atoms with Crippen molar-refractivity contribution >= 4 is 23.1 Å². The van der Waals surface area contributed by atoms with Crippen molar-refractivity contribution < 1.29 is 9.53 Å². The highest BCUT2D eigenvalue weighted by molar-refractivity contribution is 7.80. The highest BCUT2D eigenvalue weighted by atomic mass is 32.1. The molecule has 1 amide bonds. The van der Waals surface area contributed by atoms with Gasteiger partial charge in [0.05, 0.1) is 17.0 Å². The van der Waals surface area contributed by atoms with Crippen LogP contribution in [0.1, 0.15) is 39.5 Å². The Labute approximate surface area is 115 Å². The van der Waals surface area contributed by atoms with Gasteiger partial charge in [-0.1, -0.05) is 32.5 Å². The summed E-state index contributed by atoms with van der Waals surface area (Å²) in [5.74, 6) is 0.612. The van der Waals surface area contributed by atoms with Crippen LogP contribution in [-0.2, 0) is 9.53 Å². The second-order valence-electron chi connectivity index (χ2n) is 5.35. The van der Waals surface area contributed by atoms with Crippen molar-refractivity contribution in [1.82, 2.24) is 5.32 Å². The standard InChI is InChI=1S/C13H24N2O2S/c1-10(2)4-8-17-9-7-15-12(16)13(11(14)18)5-3-6-13/h10H,3-9H2,1-2H3,(H2,14,18)(H,15,16). The van der Waals surface area contributed by atoms with E-state index in [4.69, 9.17) is 22.7 Å². The molecule has 5 heteroatoms. The van der Waals surface area contributed by atoms with Gasteiger partial charge >= 0.3 is 0 Å². The molecule has 0 radical (unpaired) electrons. The van der Waals surface area contributed by atoms with Gasteiger partial charge in [0.2, 0.25) is 5.91 Å². The van der Waals surface area contributed by atoms with E-state index in [-0.39, 0.29) is 5.91 Å². The molecule has 0 heterocycles. The van der Waals surface area contributed by atoms with E-state index in [1.807, 2.05) is 0 Å². The average molecular weight is 272 g/mol. The number of carbonyl (C=O) groups is 1. The lowest BCUT2D eigenvalue weighted by Crippen LogP contribution is -2.53. The van der Waals surface area contributed by atoms with Gasteiger partial charge in [0.15, 0.2) is 0 Å². The molecule has 0 aromatic heterocycles. The molecule has 0 saturated heterocycles. The van der Waals surface area contributed by atoms with Gasteiger partial charge in [0, 0.05) is 13.2 Å². The smallest absolute Gasteiger partial charge is 0.233 e. The lowest BCUT2D eigenvalue weighted by atomic mass is 9.68. The van der Waals surface area contributed by atoms with Crippen LogP contribution < -0.4 is 11.1 Å². The molecule has 1 fully saturated rings. The van der Waals surface area contributed by atoms with Crippen LogP contribution >= 0.6 is 12.2 Å². The predicted molar refractivity (Wildman–Crippen MR) is 76.4 cm³/mol. The molecule has 0 unspecified atom stereocenters. The Kier molecular flexibility index (Phi) is 6.02. The van der Waals surface area contributed by atoms with Gasteiger partial charge in [-0.25, -0.2) is 0 Å². The number of amides is 1. The van der Waals surface area contributed by atoms with Gasteiger partial charge in [-0.2, -0.15) is 0 Å². The summed E-state index contributed by atoms with van der Waals surface area (Å²) in [5.41, 5.74) is 5.08. The quantitative estimate of drug-likeness (QED) is 0.520. The Morgan fingerprint density at radius 1 is 1.44 bits per heavy atom. The zero-order chi connectivity index (χ0) is 13.6. The third kappa shape index (κ3) is 3.92. The fourth-order valence-corrected chi connectivity index (χ4v) is 2.24. The van der Waals surface area contributed by atoms with Crippen LogP contribution in [0.2, 0.25) is 0 Å². The van der Waals surface area contributed by atoms with Gasteiger partial charge in [0.25, 0.3) is 0 Å². The average Bonchev–Trinajstić information content (AvgIpc) is 2.20.